The van der Waals surface area contributed by atoms with Crippen LogP contribution in [0.15, 0.2) is 23.6 Å². The van der Waals surface area contributed by atoms with Crippen LogP contribution in [0.3, 0.4) is 0 Å². The monoisotopic (exact) mass is 257 g/mol. The minimum atomic E-state index is 0.0734. The van der Waals surface area contributed by atoms with Crippen molar-refractivity contribution in [1.29, 1.82) is 0 Å². The fraction of sp³-hybridized carbons (Fsp3) is 0.375. The molecule has 1 aliphatic rings. The van der Waals surface area contributed by atoms with E-state index >= 15 is 0 Å². The van der Waals surface area contributed by atoms with Crippen LogP contribution in [-0.2, 0) is 5.54 Å². The van der Waals surface area contributed by atoms with Crippen molar-refractivity contribution in [2.24, 2.45) is 0 Å². The molecule has 94 valence electrons. The van der Waals surface area contributed by atoms with E-state index in [1.807, 2.05) is 11.3 Å². The van der Waals surface area contributed by atoms with Crippen molar-refractivity contribution in [3.8, 4) is 10.4 Å². The molecule has 0 aliphatic carbocycles. The van der Waals surface area contributed by atoms with Crippen molar-refractivity contribution in [2.45, 2.75) is 33.2 Å². The molecule has 2 heterocycles. The Morgan fingerprint density at radius 3 is 2.50 bits per heavy atom. The van der Waals surface area contributed by atoms with Crippen LogP contribution < -0.4 is 4.90 Å². The predicted octanol–water partition coefficient (Wildman–Crippen LogP) is 4.72. The quantitative estimate of drug-likeness (QED) is 0.660. The molecule has 0 atom stereocenters. The predicted molar refractivity (Wildman–Crippen MR) is 80.7 cm³/mol. The molecule has 18 heavy (non-hydrogen) atoms. The van der Waals surface area contributed by atoms with E-state index in [0.717, 1.165) is 0 Å². The summed E-state index contributed by atoms with van der Waals surface area (Å²) in [5, 5.41) is 2.21. The topological polar surface area (TPSA) is 3.24 Å². The van der Waals surface area contributed by atoms with Gasteiger partial charge in [0.25, 0.3) is 0 Å². The summed E-state index contributed by atoms with van der Waals surface area (Å²) in [4.78, 5) is 3.85. The van der Waals surface area contributed by atoms with Gasteiger partial charge in [0.1, 0.15) is 0 Å². The van der Waals surface area contributed by atoms with Gasteiger partial charge in [0.15, 0.2) is 0 Å². The molecule has 0 amide bonds. The SMILES string of the molecule is Cc1cc2c(cc1C)N(C)C(C)(C)c1ccsc1-2. The molecule has 0 fully saturated rings. The second-order valence-corrected chi connectivity index (χ2v) is 6.65. The van der Waals surface area contributed by atoms with Gasteiger partial charge in [0.05, 0.1) is 5.54 Å². The number of aryl methyl sites for hydroxylation is 2. The zero-order valence-corrected chi connectivity index (χ0v) is 12.5. The number of benzene rings is 1. The number of fused-ring (bicyclic) bond motifs is 3. The molecule has 0 N–H and O–H groups in total. The molecule has 1 aliphatic heterocycles. The van der Waals surface area contributed by atoms with Gasteiger partial charge in [-0.1, -0.05) is 0 Å². The Morgan fingerprint density at radius 1 is 1.11 bits per heavy atom. The lowest BCUT2D eigenvalue weighted by Crippen LogP contribution is -2.41. The van der Waals surface area contributed by atoms with Gasteiger partial charge in [-0.3, -0.25) is 0 Å². The molecule has 2 heteroatoms. The third kappa shape index (κ3) is 1.39. The minimum absolute atomic E-state index is 0.0734. The Hall–Kier alpha value is -1.28. The molecule has 3 rings (SSSR count). The van der Waals surface area contributed by atoms with Crippen LogP contribution in [0.25, 0.3) is 10.4 Å². The molecule has 0 radical (unpaired) electrons. The van der Waals surface area contributed by atoms with Crippen LogP contribution in [0.1, 0.15) is 30.5 Å². The molecule has 0 unspecified atom stereocenters. The fourth-order valence-electron chi connectivity index (χ4n) is 2.74. The first-order chi connectivity index (χ1) is 8.43. The average molecular weight is 257 g/mol. The molecule has 0 saturated carbocycles. The summed E-state index contributed by atoms with van der Waals surface area (Å²) in [5.41, 5.74) is 7.02. The highest BCUT2D eigenvalue weighted by atomic mass is 32.1. The van der Waals surface area contributed by atoms with Gasteiger partial charge in [-0.2, -0.15) is 0 Å². The first kappa shape index (κ1) is 11.8. The van der Waals surface area contributed by atoms with Gasteiger partial charge in [0, 0.05) is 23.2 Å². The molecular weight excluding hydrogens is 238 g/mol. The first-order valence-electron chi connectivity index (χ1n) is 6.36. The van der Waals surface area contributed by atoms with E-state index in [4.69, 9.17) is 0 Å². The number of anilines is 1. The molecule has 0 saturated heterocycles. The molecular formula is C16H19NS. The van der Waals surface area contributed by atoms with Gasteiger partial charge in [0.2, 0.25) is 0 Å². The highest BCUT2D eigenvalue weighted by Crippen LogP contribution is 2.49. The maximum atomic E-state index is 2.41. The second kappa shape index (κ2) is 3.61. The summed E-state index contributed by atoms with van der Waals surface area (Å²) in [6.45, 7) is 9.00. The number of rotatable bonds is 0. The second-order valence-electron chi connectivity index (χ2n) is 5.74. The van der Waals surface area contributed by atoms with Crippen LogP contribution in [0.2, 0.25) is 0 Å². The molecule has 0 spiro atoms. The highest BCUT2D eigenvalue weighted by Gasteiger charge is 2.35. The van der Waals surface area contributed by atoms with E-state index in [9.17, 15) is 0 Å². The molecule has 0 bridgehead atoms. The minimum Gasteiger partial charge on any atom is -0.365 e. The van der Waals surface area contributed by atoms with Gasteiger partial charge >= 0.3 is 0 Å². The summed E-state index contributed by atoms with van der Waals surface area (Å²) in [5.74, 6) is 0. The average Bonchev–Trinajstić information content (AvgIpc) is 2.79. The fourth-order valence-corrected chi connectivity index (χ4v) is 3.82. The largest absolute Gasteiger partial charge is 0.365 e. The Morgan fingerprint density at radius 2 is 1.78 bits per heavy atom. The zero-order chi connectivity index (χ0) is 13.1. The van der Waals surface area contributed by atoms with Gasteiger partial charge < -0.3 is 4.90 Å². The number of thiophene rings is 1. The van der Waals surface area contributed by atoms with E-state index in [1.165, 1.54) is 32.8 Å². The summed E-state index contributed by atoms with van der Waals surface area (Å²) in [6.07, 6.45) is 0. The van der Waals surface area contributed by atoms with Gasteiger partial charge in [-0.05, 0) is 68.0 Å². The standard InChI is InChI=1S/C16H19NS/c1-10-8-12-14(9-11(10)2)17(5)16(3,4)13-6-7-18-15(12)13/h6-9H,1-5H3. The summed E-state index contributed by atoms with van der Waals surface area (Å²) < 4.78 is 0. The van der Waals surface area contributed by atoms with Gasteiger partial charge in [-0.25, -0.2) is 0 Å². The zero-order valence-electron chi connectivity index (χ0n) is 11.7. The number of hydrogen-bond acceptors (Lipinski definition) is 2. The Labute approximate surface area is 113 Å². The normalized spacial score (nSPS) is 16.4. The van der Waals surface area contributed by atoms with E-state index in [1.54, 1.807) is 0 Å². The molecule has 1 nitrogen and oxygen atoms in total. The van der Waals surface area contributed by atoms with Crippen LogP contribution >= 0.6 is 11.3 Å². The first-order valence-corrected chi connectivity index (χ1v) is 7.24. The van der Waals surface area contributed by atoms with Crippen molar-refractivity contribution in [3.63, 3.8) is 0 Å². The Bertz CT molecular complexity index is 622. The Balaban J connectivity index is 2.36. The van der Waals surface area contributed by atoms with Crippen LogP contribution in [0.5, 0.6) is 0 Å². The molecule has 1 aromatic carbocycles. The third-order valence-electron chi connectivity index (χ3n) is 4.38. The smallest absolute Gasteiger partial charge is 0.0608 e. The lowest BCUT2D eigenvalue weighted by molar-refractivity contribution is 0.512. The summed E-state index contributed by atoms with van der Waals surface area (Å²) in [6, 6.07) is 6.94. The highest BCUT2D eigenvalue weighted by molar-refractivity contribution is 7.13. The van der Waals surface area contributed by atoms with Crippen LogP contribution in [0.4, 0.5) is 5.69 Å². The van der Waals surface area contributed by atoms with Crippen molar-refractivity contribution in [2.75, 3.05) is 11.9 Å². The van der Waals surface area contributed by atoms with E-state index in [2.05, 4.69) is 63.2 Å². The van der Waals surface area contributed by atoms with Crippen molar-refractivity contribution in [1.82, 2.24) is 0 Å². The summed E-state index contributed by atoms with van der Waals surface area (Å²) >= 11 is 1.86. The lowest BCUT2D eigenvalue weighted by Gasteiger charge is -2.43. The number of hydrogen-bond donors (Lipinski definition) is 0. The third-order valence-corrected chi connectivity index (χ3v) is 5.33. The van der Waals surface area contributed by atoms with Gasteiger partial charge in [-0.15, -0.1) is 11.3 Å². The van der Waals surface area contributed by atoms with E-state index < -0.39 is 0 Å². The van der Waals surface area contributed by atoms with Crippen molar-refractivity contribution >= 4 is 17.0 Å². The van der Waals surface area contributed by atoms with Crippen molar-refractivity contribution in [3.05, 3.63) is 40.3 Å². The van der Waals surface area contributed by atoms with Crippen LogP contribution in [0, 0.1) is 13.8 Å². The van der Waals surface area contributed by atoms with E-state index in [0.29, 0.717) is 0 Å². The maximum Gasteiger partial charge on any atom is 0.0608 e. The molecule has 1 aromatic heterocycles. The van der Waals surface area contributed by atoms with E-state index in [-0.39, 0.29) is 5.54 Å². The summed E-state index contributed by atoms with van der Waals surface area (Å²) in [7, 11) is 2.20. The van der Waals surface area contributed by atoms with Crippen LogP contribution in [-0.4, -0.2) is 7.05 Å². The number of nitrogens with zero attached hydrogens (tertiary/aromatic N) is 1. The van der Waals surface area contributed by atoms with Crippen molar-refractivity contribution < 1.29 is 0 Å². The lowest BCUT2D eigenvalue weighted by atomic mass is 9.85. The Kier molecular flexibility index (Phi) is 2.36. The molecule has 2 aromatic rings. The maximum absolute atomic E-state index is 2.41.